The van der Waals surface area contributed by atoms with Gasteiger partial charge in [0.05, 0.1) is 11.0 Å². The van der Waals surface area contributed by atoms with Gasteiger partial charge in [0.25, 0.3) is 0 Å². The van der Waals surface area contributed by atoms with Crippen LogP contribution in [0.25, 0.3) is 0 Å². The average Bonchev–Trinajstić information content (AvgIpc) is 2.43. The molecule has 0 aromatic heterocycles. The number of carbonyl (C=O) groups is 1. The summed E-state index contributed by atoms with van der Waals surface area (Å²) < 4.78 is 0. The molecule has 0 spiro atoms. The average molecular weight is 299 g/mol. The molecule has 0 radical (unpaired) electrons. The molecule has 4 aliphatic carbocycles. The van der Waals surface area contributed by atoms with E-state index in [-0.39, 0.29) is 11.3 Å². The Morgan fingerprint density at radius 2 is 1.91 bits per heavy atom. The highest BCUT2D eigenvalue weighted by Crippen LogP contribution is 2.61. The molecule has 22 heavy (non-hydrogen) atoms. The predicted octanol–water partition coefficient (Wildman–Crippen LogP) is 2.94. The van der Waals surface area contributed by atoms with E-state index in [1.54, 1.807) is 0 Å². The van der Waals surface area contributed by atoms with Gasteiger partial charge in [-0.2, -0.15) is 0 Å². The Balaban J connectivity index is 1.50. The molecule has 1 aromatic rings. The molecule has 4 aliphatic rings. The molecule has 0 aliphatic heterocycles. The monoisotopic (exact) mass is 299 g/mol. The predicted molar refractivity (Wildman–Crippen MR) is 85.1 cm³/mol. The van der Waals surface area contributed by atoms with Crippen LogP contribution in [0.5, 0.6) is 0 Å². The summed E-state index contributed by atoms with van der Waals surface area (Å²) in [7, 11) is 0. The lowest BCUT2D eigenvalue weighted by Crippen LogP contribution is -2.60. The summed E-state index contributed by atoms with van der Waals surface area (Å²) in [6.45, 7) is 2.68. The zero-order valence-electron chi connectivity index (χ0n) is 13.3. The van der Waals surface area contributed by atoms with E-state index in [1.807, 2.05) is 12.1 Å². The van der Waals surface area contributed by atoms with E-state index in [4.69, 9.17) is 0 Å². The van der Waals surface area contributed by atoms with Crippen LogP contribution in [-0.2, 0) is 11.3 Å². The van der Waals surface area contributed by atoms with Gasteiger partial charge in [-0.05, 0) is 68.4 Å². The Morgan fingerprint density at radius 1 is 1.23 bits per heavy atom. The fraction of sp³-hybridized carbons (Fsp3) is 0.632. The molecule has 3 heteroatoms. The Hall–Kier alpha value is -1.35. The zero-order valence-corrected chi connectivity index (χ0v) is 13.3. The molecule has 4 saturated carbocycles. The number of hydrogen-bond acceptors (Lipinski definition) is 2. The standard InChI is InChI=1S/C19H25NO2/c1-13-4-2-3-5-16(13)11-20-17(21)18-7-14-6-15(8-18)10-19(22,9-14)12-18/h2-5,14-15,22H,6-12H2,1H3,(H,20,21). The number of hydrogen-bond donors (Lipinski definition) is 2. The summed E-state index contributed by atoms with van der Waals surface area (Å²) in [5, 5.41) is 13.9. The van der Waals surface area contributed by atoms with E-state index in [0.29, 0.717) is 24.8 Å². The number of rotatable bonds is 3. The van der Waals surface area contributed by atoms with E-state index in [9.17, 15) is 9.90 Å². The van der Waals surface area contributed by atoms with Crippen LogP contribution in [0.1, 0.15) is 49.7 Å². The molecule has 118 valence electrons. The zero-order chi connectivity index (χ0) is 15.4. The van der Waals surface area contributed by atoms with Crippen molar-refractivity contribution in [2.24, 2.45) is 17.3 Å². The maximum Gasteiger partial charge on any atom is 0.226 e. The van der Waals surface area contributed by atoms with Gasteiger partial charge >= 0.3 is 0 Å². The molecule has 0 saturated heterocycles. The minimum Gasteiger partial charge on any atom is -0.390 e. The summed E-state index contributed by atoms with van der Waals surface area (Å²) >= 11 is 0. The maximum atomic E-state index is 12.9. The van der Waals surface area contributed by atoms with Crippen LogP contribution >= 0.6 is 0 Å². The summed E-state index contributed by atoms with van der Waals surface area (Å²) in [4.78, 5) is 12.9. The van der Waals surface area contributed by atoms with Gasteiger partial charge in [-0.15, -0.1) is 0 Å². The van der Waals surface area contributed by atoms with Gasteiger partial charge in [0.15, 0.2) is 0 Å². The minimum atomic E-state index is -0.565. The molecule has 1 aromatic carbocycles. The molecule has 4 bridgehead atoms. The molecule has 1 amide bonds. The first-order chi connectivity index (χ1) is 10.5. The summed E-state index contributed by atoms with van der Waals surface area (Å²) in [5.41, 5.74) is 1.53. The van der Waals surface area contributed by atoms with Gasteiger partial charge in [-0.1, -0.05) is 24.3 Å². The number of carbonyl (C=O) groups excluding carboxylic acids is 1. The van der Waals surface area contributed by atoms with Crippen molar-refractivity contribution in [3.8, 4) is 0 Å². The topological polar surface area (TPSA) is 49.3 Å². The minimum absolute atomic E-state index is 0.170. The Morgan fingerprint density at radius 3 is 2.55 bits per heavy atom. The van der Waals surface area contributed by atoms with Crippen molar-refractivity contribution in [1.29, 1.82) is 0 Å². The van der Waals surface area contributed by atoms with Gasteiger partial charge in [-0.3, -0.25) is 4.79 Å². The lowest BCUT2D eigenvalue weighted by Gasteiger charge is -2.59. The molecule has 5 rings (SSSR count). The fourth-order valence-electron chi connectivity index (χ4n) is 5.65. The van der Waals surface area contributed by atoms with E-state index in [0.717, 1.165) is 25.7 Å². The highest BCUT2D eigenvalue weighted by Gasteiger charge is 2.60. The third-order valence-electron chi connectivity index (χ3n) is 6.21. The third-order valence-corrected chi connectivity index (χ3v) is 6.21. The van der Waals surface area contributed by atoms with Crippen LogP contribution in [0, 0.1) is 24.2 Å². The summed E-state index contributed by atoms with van der Waals surface area (Å²) in [6.07, 6.45) is 5.67. The molecule has 4 fully saturated rings. The van der Waals surface area contributed by atoms with Crippen molar-refractivity contribution in [1.82, 2.24) is 5.32 Å². The lowest BCUT2D eigenvalue weighted by molar-refractivity contribution is -0.178. The first-order valence-electron chi connectivity index (χ1n) is 8.53. The van der Waals surface area contributed by atoms with E-state index < -0.39 is 5.60 Å². The van der Waals surface area contributed by atoms with Gasteiger partial charge in [-0.25, -0.2) is 0 Å². The largest absolute Gasteiger partial charge is 0.390 e. The Bertz CT molecular complexity index is 595. The van der Waals surface area contributed by atoms with E-state index in [2.05, 4.69) is 24.4 Å². The van der Waals surface area contributed by atoms with Gasteiger partial charge in [0.2, 0.25) is 5.91 Å². The second kappa shape index (κ2) is 4.82. The first-order valence-corrected chi connectivity index (χ1v) is 8.53. The fourth-order valence-corrected chi connectivity index (χ4v) is 5.65. The highest BCUT2D eigenvalue weighted by molar-refractivity contribution is 5.83. The molecular weight excluding hydrogens is 274 g/mol. The third kappa shape index (κ3) is 2.26. The smallest absolute Gasteiger partial charge is 0.226 e. The van der Waals surface area contributed by atoms with Gasteiger partial charge in [0.1, 0.15) is 0 Å². The number of nitrogens with one attached hydrogen (secondary N) is 1. The highest BCUT2D eigenvalue weighted by atomic mass is 16.3. The molecule has 2 unspecified atom stereocenters. The molecule has 2 N–H and O–H groups in total. The Kier molecular flexibility index (Phi) is 3.12. The van der Waals surface area contributed by atoms with Crippen LogP contribution < -0.4 is 5.32 Å². The van der Waals surface area contributed by atoms with Gasteiger partial charge < -0.3 is 10.4 Å². The molecule has 0 heterocycles. The van der Waals surface area contributed by atoms with E-state index in [1.165, 1.54) is 17.5 Å². The van der Waals surface area contributed by atoms with Crippen LogP contribution in [0.2, 0.25) is 0 Å². The lowest BCUT2D eigenvalue weighted by atomic mass is 9.47. The molecule has 2 atom stereocenters. The number of amides is 1. The van der Waals surface area contributed by atoms with Crippen LogP contribution in [-0.4, -0.2) is 16.6 Å². The van der Waals surface area contributed by atoms with Crippen molar-refractivity contribution in [2.45, 2.75) is 57.6 Å². The second-order valence-corrected chi connectivity index (χ2v) is 8.07. The van der Waals surface area contributed by atoms with Crippen molar-refractivity contribution in [3.05, 3.63) is 35.4 Å². The maximum absolute atomic E-state index is 12.9. The summed E-state index contributed by atoms with van der Waals surface area (Å²) in [6, 6.07) is 8.19. The normalized spacial score (nSPS) is 39.0. The quantitative estimate of drug-likeness (QED) is 0.901. The first kappa shape index (κ1) is 14.3. The van der Waals surface area contributed by atoms with Crippen LogP contribution in [0.15, 0.2) is 24.3 Å². The van der Waals surface area contributed by atoms with Crippen molar-refractivity contribution >= 4 is 5.91 Å². The molecule has 3 nitrogen and oxygen atoms in total. The molecular formula is C19H25NO2. The Labute approximate surface area is 132 Å². The van der Waals surface area contributed by atoms with E-state index >= 15 is 0 Å². The van der Waals surface area contributed by atoms with Crippen LogP contribution in [0.4, 0.5) is 0 Å². The van der Waals surface area contributed by atoms with Crippen molar-refractivity contribution in [3.63, 3.8) is 0 Å². The second-order valence-electron chi connectivity index (χ2n) is 8.07. The summed E-state index contributed by atoms with van der Waals surface area (Å²) in [5.74, 6) is 1.27. The SMILES string of the molecule is Cc1ccccc1CNC(=O)C12CC3CC(CC(O)(C3)C1)C2. The number of benzene rings is 1. The van der Waals surface area contributed by atoms with Crippen LogP contribution in [0.3, 0.4) is 0 Å². The van der Waals surface area contributed by atoms with Crippen molar-refractivity contribution in [2.75, 3.05) is 0 Å². The number of aliphatic hydroxyl groups is 1. The van der Waals surface area contributed by atoms with Crippen molar-refractivity contribution < 1.29 is 9.90 Å². The van der Waals surface area contributed by atoms with Gasteiger partial charge in [0, 0.05) is 6.54 Å². The number of aryl methyl sites for hydroxylation is 1.